The van der Waals surface area contributed by atoms with Gasteiger partial charge in [-0.1, -0.05) is 146 Å². The van der Waals surface area contributed by atoms with Gasteiger partial charge in [0.2, 0.25) is 0 Å². The normalized spacial score (nSPS) is 12.0. The Morgan fingerprint density at radius 2 is 0.740 bits per heavy atom. The Bertz CT molecular complexity index is 3080. The van der Waals surface area contributed by atoms with Gasteiger partial charge in [-0.15, -0.1) is 22.7 Å². The molecular weight excluding hydrogens is 641 g/mol. The molecule has 0 atom stereocenters. The minimum absolute atomic E-state index is 1.24. The highest BCUT2D eigenvalue weighted by molar-refractivity contribution is 7.27. The van der Waals surface area contributed by atoms with Crippen LogP contribution in [0.15, 0.2) is 170 Å². The summed E-state index contributed by atoms with van der Waals surface area (Å²) in [7, 11) is 0. The second-order valence-corrected chi connectivity index (χ2v) is 15.4. The van der Waals surface area contributed by atoms with Crippen LogP contribution in [0.2, 0.25) is 0 Å². The predicted molar refractivity (Wildman–Crippen MR) is 221 cm³/mol. The van der Waals surface area contributed by atoms with Crippen molar-refractivity contribution in [2.75, 3.05) is 0 Å². The highest BCUT2D eigenvalue weighted by Gasteiger charge is 2.18. The smallest absolute Gasteiger partial charge is 0.0362 e. The fourth-order valence-electron chi connectivity index (χ4n) is 8.18. The van der Waals surface area contributed by atoms with Crippen molar-refractivity contribution >= 4 is 95.3 Å². The average Bonchev–Trinajstić information content (AvgIpc) is 3.72. The summed E-state index contributed by atoms with van der Waals surface area (Å²) in [6.45, 7) is 0. The van der Waals surface area contributed by atoms with E-state index in [0.717, 1.165) is 0 Å². The van der Waals surface area contributed by atoms with E-state index in [2.05, 4.69) is 170 Å². The maximum absolute atomic E-state index is 2.41. The summed E-state index contributed by atoms with van der Waals surface area (Å²) in [5.74, 6) is 0. The molecule has 0 aliphatic carbocycles. The Hall–Kier alpha value is -5.80. The fourth-order valence-corrected chi connectivity index (χ4v) is 10.5. The van der Waals surface area contributed by atoms with E-state index in [-0.39, 0.29) is 0 Å². The van der Waals surface area contributed by atoms with Crippen molar-refractivity contribution in [1.82, 2.24) is 0 Å². The molecule has 0 N–H and O–H groups in total. The van der Waals surface area contributed by atoms with E-state index in [4.69, 9.17) is 0 Å². The molecule has 11 rings (SSSR count). The minimum Gasteiger partial charge on any atom is -0.135 e. The molecule has 0 nitrogen and oxygen atoms in total. The van der Waals surface area contributed by atoms with Crippen molar-refractivity contribution in [2.24, 2.45) is 0 Å². The van der Waals surface area contributed by atoms with Crippen molar-refractivity contribution in [3.63, 3.8) is 0 Å². The van der Waals surface area contributed by atoms with Gasteiger partial charge in [0.05, 0.1) is 0 Å². The largest absolute Gasteiger partial charge is 0.135 e. The molecule has 0 radical (unpaired) electrons. The number of hydrogen-bond acceptors (Lipinski definition) is 2. The Kier molecular flexibility index (Phi) is 6.09. The van der Waals surface area contributed by atoms with Gasteiger partial charge in [0.1, 0.15) is 0 Å². The van der Waals surface area contributed by atoms with Gasteiger partial charge in [-0.2, -0.15) is 0 Å². The molecule has 50 heavy (non-hydrogen) atoms. The van der Waals surface area contributed by atoms with E-state index in [1.807, 2.05) is 22.7 Å². The molecule has 0 bridgehead atoms. The van der Waals surface area contributed by atoms with E-state index >= 15 is 0 Å². The monoisotopic (exact) mass is 668 g/mol. The standard InChI is InChI=1S/C48H28S2/c1-2-12-33-30(10-1)11-9-18-36(33)48-39-16-5-3-14-37(39)47(38-15-4-6-17-40(38)48)31-22-20-29(21-23-31)32-24-25-35-42-28-45-41(27-46(42)50-44(35)26-32)34-13-7-8-19-43(34)49-45/h1-28H. The van der Waals surface area contributed by atoms with Gasteiger partial charge in [-0.3, -0.25) is 0 Å². The third-order valence-electron chi connectivity index (χ3n) is 10.5. The summed E-state index contributed by atoms with van der Waals surface area (Å²) in [5, 5.41) is 13.1. The van der Waals surface area contributed by atoms with E-state index in [9.17, 15) is 0 Å². The summed E-state index contributed by atoms with van der Waals surface area (Å²) in [6, 6.07) is 63.1. The Labute approximate surface area is 297 Å². The molecule has 11 aromatic rings. The summed E-state index contributed by atoms with van der Waals surface area (Å²) in [6.07, 6.45) is 0. The Morgan fingerprint density at radius 3 is 1.44 bits per heavy atom. The van der Waals surface area contributed by atoms with E-state index < -0.39 is 0 Å². The quantitative estimate of drug-likeness (QED) is 0.164. The van der Waals surface area contributed by atoms with Crippen molar-refractivity contribution in [3.05, 3.63) is 170 Å². The molecule has 0 spiro atoms. The fraction of sp³-hybridized carbons (Fsp3) is 0. The molecule has 0 saturated carbocycles. The van der Waals surface area contributed by atoms with Gasteiger partial charge < -0.3 is 0 Å². The first-order valence-corrected chi connectivity index (χ1v) is 18.7. The lowest BCUT2D eigenvalue weighted by atomic mass is 9.84. The van der Waals surface area contributed by atoms with Gasteiger partial charge in [-0.25, -0.2) is 0 Å². The van der Waals surface area contributed by atoms with Crippen molar-refractivity contribution in [2.45, 2.75) is 0 Å². The summed E-state index contributed by atoms with van der Waals surface area (Å²) < 4.78 is 5.42. The third kappa shape index (κ3) is 4.16. The summed E-state index contributed by atoms with van der Waals surface area (Å²) in [4.78, 5) is 0. The second-order valence-electron chi connectivity index (χ2n) is 13.2. The zero-order chi connectivity index (χ0) is 32.8. The molecule has 0 aliphatic heterocycles. The number of rotatable bonds is 3. The van der Waals surface area contributed by atoms with Crippen LogP contribution in [-0.4, -0.2) is 0 Å². The molecule has 0 aliphatic rings. The van der Waals surface area contributed by atoms with Crippen LogP contribution in [0.5, 0.6) is 0 Å². The molecule has 2 aromatic heterocycles. The van der Waals surface area contributed by atoms with E-state index in [1.54, 1.807) is 0 Å². The molecule has 0 saturated heterocycles. The van der Waals surface area contributed by atoms with Gasteiger partial charge in [0, 0.05) is 40.3 Å². The van der Waals surface area contributed by atoms with Crippen LogP contribution in [0.1, 0.15) is 0 Å². The van der Waals surface area contributed by atoms with Crippen molar-refractivity contribution < 1.29 is 0 Å². The Morgan fingerprint density at radius 1 is 0.260 bits per heavy atom. The molecule has 0 fully saturated rings. The molecule has 9 aromatic carbocycles. The van der Waals surface area contributed by atoms with Crippen LogP contribution >= 0.6 is 22.7 Å². The number of fused-ring (bicyclic) bond motifs is 9. The van der Waals surface area contributed by atoms with Crippen LogP contribution < -0.4 is 0 Å². The maximum Gasteiger partial charge on any atom is 0.0362 e. The average molecular weight is 669 g/mol. The first kappa shape index (κ1) is 28.1. The molecule has 0 amide bonds. The zero-order valence-corrected chi connectivity index (χ0v) is 28.6. The van der Waals surface area contributed by atoms with Gasteiger partial charge >= 0.3 is 0 Å². The molecule has 232 valence electrons. The predicted octanol–water partition coefficient (Wildman–Crippen LogP) is 14.9. The van der Waals surface area contributed by atoms with Crippen LogP contribution in [0.3, 0.4) is 0 Å². The topological polar surface area (TPSA) is 0 Å². The zero-order valence-electron chi connectivity index (χ0n) is 27.0. The van der Waals surface area contributed by atoms with Gasteiger partial charge in [-0.05, 0) is 90.0 Å². The number of thiophene rings is 2. The lowest BCUT2D eigenvalue weighted by Crippen LogP contribution is -1.91. The highest BCUT2D eigenvalue weighted by atomic mass is 32.1. The second kappa shape index (κ2) is 10.9. The Balaban J connectivity index is 1.05. The third-order valence-corrected chi connectivity index (χ3v) is 12.7. The summed E-state index contributed by atoms with van der Waals surface area (Å²) in [5.41, 5.74) is 7.60. The molecule has 2 heterocycles. The lowest BCUT2D eigenvalue weighted by Gasteiger charge is -2.19. The van der Waals surface area contributed by atoms with Crippen LogP contribution in [0, 0.1) is 0 Å². The van der Waals surface area contributed by atoms with Crippen LogP contribution in [0.4, 0.5) is 0 Å². The molecule has 0 unspecified atom stereocenters. The lowest BCUT2D eigenvalue weighted by molar-refractivity contribution is 1.64. The van der Waals surface area contributed by atoms with E-state index in [1.165, 1.54) is 106 Å². The molecular formula is C48H28S2. The van der Waals surface area contributed by atoms with Crippen LogP contribution in [0.25, 0.3) is 106 Å². The van der Waals surface area contributed by atoms with Crippen molar-refractivity contribution in [3.8, 4) is 33.4 Å². The van der Waals surface area contributed by atoms with Gasteiger partial charge in [0.15, 0.2) is 0 Å². The first-order valence-electron chi connectivity index (χ1n) is 17.1. The highest BCUT2D eigenvalue weighted by Crippen LogP contribution is 2.46. The first-order chi connectivity index (χ1) is 24.8. The minimum atomic E-state index is 1.24. The van der Waals surface area contributed by atoms with Crippen molar-refractivity contribution in [1.29, 1.82) is 0 Å². The summed E-state index contributed by atoms with van der Waals surface area (Å²) >= 11 is 3.80. The van der Waals surface area contributed by atoms with Crippen LogP contribution in [-0.2, 0) is 0 Å². The number of hydrogen-bond donors (Lipinski definition) is 0. The number of benzene rings is 9. The molecule has 2 heteroatoms. The maximum atomic E-state index is 2.41. The van der Waals surface area contributed by atoms with Gasteiger partial charge in [0.25, 0.3) is 0 Å². The SMILES string of the molecule is c1ccc2c(-c3c4ccccc4c(-c4ccc(-c5ccc6c(c5)sc5cc7c(cc56)sc5ccccc57)cc4)c4ccccc34)cccc2c1. The van der Waals surface area contributed by atoms with E-state index in [0.29, 0.717) is 0 Å².